The molecule has 2 rings (SSSR count). The molecule has 2 heterocycles. The van der Waals surface area contributed by atoms with Gasteiger partial charge in [0.05, 0.1) is 12.2 Å². The van der Waals surface area contributed by atoms with Crippen LogP contribution in [0.25, 0.3) is 0 Å². The van der Waals surface area contributed by atoms with Crippen LogP contribution in [0, 0.1) is 6.92 Å². The summed E-state index contributed by atoms with van der Waals surface area (Å²) in [6.07, 6.45) is 0. The topological polar surface area (TPSA) is 67.2 Å². The summed E-state index contributed by atoms with van der Waals surface area (Å²) in [6.45, 7) is 3.89. The first-order valence-electron chi connectivity index (χ1n) is 4.20. The Morgan fingerprint density at radius 3 is 3.00 bits per heavy atom. The highest BCUT2D eigenvalue weighted by molar-refractivity contribution is 5.87. The summed E-state index contributed by atoms with van der Waals surface area (Å²) in [4.78, 5) is 15.1. The van der Waals surface area contributed by atoms with Gasteiger partial charge in [-0.1, -0.05) is 0 Å². The van der Waals surface area contributed by atoms with Gasteiger partial charge in [-0.05, 0) is 6.92 Å². The number of aromatic nitrogens is 2. The van der Waals surface area contributed by atoms with Gasteiger partial charge in [-0.3, -0.25) is 0 Å². The zero-order chi connectivity index (χ0) is 9.42. The Balaban J connectivity index is 0.000000980. The van der Waals surface area contributed by atoms with Crippen molar-refractivity contribution < 1.29 is 9.90 Å². The van der Waals surface area contributed by atoms with Crippen molar-refractivity contribution in [3.63, 3.8) is 0 Å². The van der Waals surface area contributed by atoms with E-state index in [2.05, 4.69) is 10.3 Å². The van der Waals surface area contributed by atoms with E-state index >= 15 is 0 Å². The Hall–Kier alpha value is -1.07. The number of carboxylic acid groups (broad SMARTS) is 1. The average Bonchev–Trinajstić information content (AvgIpc) is 2.39. The van der Waals surface area contributed by atoms with Gasteiger partial charge in [0.1, 0.15) is 11.5 Å². The third-order valence-corrected chi connectivity index (χ3v) is 2.22. The number of rotatable bonds is 1. The predicted molar refractivity (Wildman–Crippen MR) is 52.9 cm³/mol. The minimum Gasteiger partial charge on any atom is -0.477 e. The number of carbonyl (C=O) groups is 1. The molecule has 6 heteroatoms. The molecule has 1 aromatic heterocycles. The fourth-order valence-electron chi connectivity index (χ4n) is 1.67. The Morgan fingerprint density at radius 2 is 2.36 bits per heavy atom. The molecule has 2 N–H and O–H groups in total. The summed E-state index contributed by atoms with van der Waals surface area (Å²) in [7, 11) is 0. The van der Waals surface area contributed by atoms with E-state index in [9.17, 15) is 4.79 Å². The first-order valence-corrected chi connectivity index (χ1v) is 4.20. The second-order valence-corrected chi connectivity index (χ2v) is 3.10. The maximum absolute atomic E-state index is 10.9. The summed E-state index contributed by atoms with van der Waals surface area (Å²) in [5.41, 5.74) is 0.933. The molecule has 0 aliphatic carbocycles. The highest BCUT2D eigenvalue weighted by Gasteiger charge is 2.21. The van der Waals surface area contributed by atoms with Gasteiger partial charge in [0.2, 0.25) is 0 Å². The van der Waals surface area contributed by atoms with Gasteiger partial charge in [0, 0.05) is 13.1 Å². The minimum atomic E-state index is -0.891. The molecule has 14 heavy (non-hydrogen) atoms. The third kappa shape index (κ3) is 1.60. The quantitative estimate of drug-likeness (QED) is 0.715. The van der Waals surface area contributed by atoms with Crippen molar-refractivity contribution in [3.8, 4) is 0 Å². The molecule has 5 nitrogen and oxygen atoms in total. The molecule has 0 unspecified atom stereocenters. The largest absolute Gasteiger partial charge is 0.477 e. The molecule has 0 bridgehead atoms. The molecule has 0 atom stereocenters. The number of imidazole rings is 1. The highest BCUT2D eigenvalue weighted by atomic mass is 35.5. The molecule has 1 aromatic rings. The monoisotopic (exact) mass is 217 g/mol. The van der Waals surface area contributed by atoms with Gasteiger partial charge < -0.3 is 15.0 Å². The van der Waals surface area contributed by atoms with E-state index < -0.39 is 5.97 Å². The number of halogens is 1. The molecule has 0 radical (unpaired) electrons. The molecule has 1 aliphatic rings. The van der Waals surface area contributed by atoms with E-state index in [4.69, 9.17) is 5.11 Å². The second kappa shape index (κ2) is 3.98. The van der Waals surface area contributed by atoms with E-state index in [1.54, 1.807) is 11.5 Å². The fraction of sp³-hybridized carbons (Fsp3) is 0.500. The van der Waals surface area contributed by atoms with Crippen LogP contribution in [0.1, 0.15) is 22.0 Å². The van der Waals surface area contributed by atoms with Gasteiger partial charge in [0.15, 0.2) is 0 Å². The number of carboxylic acids is 1. The molecule has 0 aromatic carbocycles. The zero-order valence-corrected chi connectivity index (χ0v) is 8.60. The van der Waals surface area contributed by atoms with Crippen LogP contribution in [0.2, 0.25) is 0 Å². The van der Waals surface area contributed by atoms with Crippen LogP contribution in [-0.2, 0) is 13.1 Å². The SMILES string of the molecule is Cc1nc2n(c1C(=O)O)CCNC2.Cl. The first-order chi connectivity index (χ1) is 6.20. The molecule has 0 saturated carbocycles. The highest BCUT2D eigenvalue weighted by Crippen LogP contribution is 2.13. The summed E-state index contributed by atoms with van der Waals surface area (Å²) >= 11 is 0. The van der Waals surface area contributed by atoms with Gasteiger partial charge in [-0.2, -0.15) is 0 Å². The lowest BCUT2D eigenvalue weighted by Gasteiger charge is -2.15. The number of hydrogen-bond donors (Lipinski definition) is 2. The Morgan fingerprint density at radius 1 is 1.64 bits per heavy atom. The number of hydrogen-bond acceptors (Lipinski definition) is 3. The van der Waals surface area contributed by atoms with Crippen molar-refractivity contribution in [1.29, 1.82) is 0 Å². The van der Waals surface area contributed by atoms with E-state index in [1.807, 2.05) is 0 Å². The van der Waals surface area contributed by atoms with E-state index in [1.165, 1.54) is 0 Å². The van der Waals surface area contributed by atoms with Crippen molar-refractivity contribution in [3.05, 3.63) is 17.2 Å². The van der Waals surface area contributed by atoms with Crippen molar-refractivity contribution in [1.82, 2.24) is 14.9 Å². The molecule has 0 amide bonds. The maximum Gasteiger partial charge on any atom is 0.354 e. The lowest BCUT2D eigenvalue weighted by atomic mass is 10.3. The molecule has 78 valence electrons. The lowest BCUT2D eigenvalue weighted by Crippen LogP contribution is -2.29. The van der Waals surface area contributed by atoms with Crippen LogP contribution in [0.4, 0.5) is 0 Å². The van der Waals surface area contributed by atoms with E-state index in [0.717, 1.165) is 12.4 Å². The Labute approximate surface area is 87.5 Å². The van der Waals surface area contributed by atoms with Crippen molar-refractivity contribution in [2.75, 3.05) is 6.54 Å². The van der Waals surface area contributed by atoms with Crippen LogP contribution in [-0.4, -0.2) is 27.2 Å². The molecular weight excluding hydrogens is 206 g/mol. The molecular formula is C8H12ClN3O2. The second-order valence-electron chi connectivity index (χ2n) is 3.10. The molecule has 0 spiro atoms. The van der Waals surface area contributed by atoms with Crippen molar-refractivity contribution in [2.24, 2.45) is 0 Å². The van der Waals surface area contributed by atoms with Crippen LogP contribution in [0.3, 0.4) is 0 Å². The van der Waals surface area contributed by atoms with Crippen LogP contribution in [0.5, 0.6) is 0 Å². The summed E-state index contributed by atoms with van der Waals surface area (Å²) in [5.74, 6) is -0.0701. The normalized spacial score (nSPS) is 14.4. The minimum absolute atomic E-state index is 0. The van der Waals surface area contributed by atoms with Gasteiger partial charge >= 0.3 is 5.97 Å². The summed E-state index contributed by atoms with van der Waals surface area (Å²) < 4.78 is 1.77. The first kappa shape index (κ1) is 11.0. The third-order valence-electron chi connectivity index (χ3n) is 2.22. The van der Waals surface area contributed by atoms with Crippen molar-refractivity contribution in [2.45, 2.75) is 20.0 Å². The number of fused-ring (bicyclic) bond motifs is 1. The number of nitrogens with one attached hydrogen (secondary N) is 1. The van der Waals surface area contributed by atoms with Crippen LogP contribution >= 0.6 is 12.4 Å². The number of aromatic carboxylic acids is 1. The molecule has 1 aliphatic heterocycles. The predicted octanol–water partition coefficient (Wildman–Crippen LogP) is 0.415. The Kier molecular flexibility index (Phi) is 3.13. The maximum atomic E-state index is 10.9. The number of aryl methyl sites for hydroxylation is 1. The molecule has 0 saturated heterocycles. The standard InChI is InChI=1S/C8H11N3O2.ClH/c1-5-7(8(12)13)11-3-2-9-4-6(11)10-5;/h9H,2-4H2,1H3,(H,12,13);1H. The van der Waals surface area contributed by atoms with Gasteiger partial charge in [-0.25, -0.2) is 9.78 Å². The smallest absolute Gasteiger partial charge is 0.354 e. The molecule has 0 fully saturated rings. The van der Waals surface area contributed by atoms with Crippen LogP contribution in [0.15, 0.2) is 0 Å². The van der Waals surface area contributed by atoms with Crippen LogP contribution < -0.4 is 5.32 Å². The number of nitrogens with zero attached hydrogens (tertiary/aromatic N) is 2. The zero-order valence-electron chi connectivity index (χ0n) is 7.78. The van der Waals surface area contributed by atoms with Crippen molar-refractivity contribution >= 4 is 18.4 Å². The van der Waals surface area contributed by atoms with Gasteiger partial charge in [-0.15, -0.1) is 12.4 Å². The summed E-state index contributed by atoms with van der Waals surface area (Å²) in [5, 5.41) is 12.1. The average molecular weight is 218 g/mol. The van der Waals surface area contributed by atoms with E-state index in [-0.39, 0.29) is 12.4 Å². The summed E-state index contributed by atoms with van der Waals surface area (Å²) in [6, 6.07) is 0. The lowest BCUT2D eigenvalue weighted by molar-refractivity contribution is 0.0683. The van der Waals surface area contributed by atoms with Gasteiger partial charge in [0.25, 0.3) is 0 Å². The fourth-order valence-corrected chi connectivity index (χ4v) is 1.67. The van der Waals surface area contributed by atoms with E-state index in [0.29, 0.717) is 24.5 Å². The Bertz CT molecular complexity index is 362.